The monoisotopic (exact) mass is 492 g/mol. The van der Waals surface area contributed by atoms with Crippen LogP contribution in [0.3, 0.4) is 0 Å². The minimum Gasteiger partial charge on any atom is -0.379 e. The zero-order valence-electron chi connectivity index (χ0n) is 21.1. The van der Waals surface area contributed by atoms with Gasteiger partial charge in [0.1, 0.15) is 0 Å². The number of hydroxylamine groups is 1. The molecule has 2 N–H and O–H groups in total. The highest BCUT2D eigenvalue weighted by Gasteiger charge is 2.33. The van der Waals surface area contributed by atoms with Crippen molar-refractivity contribution in [2.45, 2.75) is 39.0 Å². The van der Waals surface area contributed by atoms with Crippen LogP contribution in [0, 0.1) is 0 Å². The first-order chi connectivity index (χ1) is 17.4. The number of benzene rings is 2. The van der Waals surface area contributed by atoms with Gasteiger partial charge in [0.05, 0.1) is 13.2 Å². The molecule has 36 heavy (non-hydrogen) atoms. The van der Waals surface area contributed by atoms with Crippen LogP contribution in [0.4, 0.5) is 0 Å². The SMILES string of the molecule is C[C@@H]1CN(Cc2ccc(/C=C/C(=O)NO)cc2)C[C@H](C)N1C(=O)c1cccc(CN2CCOCC2)c1. The first kappa shape index (κ1) is 26.0. The fraction of sp³-hybridized carbons (Fsp3) is 0.429. The molecule has 2 fully saturated rings. The third-order valence-corrected chi connectivity index (χ3v) is 6.84. The van der Waals surface area contributed by atoms with Crippen LogP contribution in [-0.2, 0) is 22.6 Å². The first-order valence-electron chi connectivity index (χ1n) is 12.6. The summed E-state index contributed by atoms with van der Waals surface area (Å²) in [6.07, 6.45) is 2.94. The maximum absolute atomic E-state index is 13.5. The van der Waals surface area contributed by atoms with Crippen molar-refractivity contribution in [2.75, 3.05) is 39.4 Å². The van der Waals surface area contributed by atoms with E-state index in [0.29, 0.717) is 0 Å². The Morgan fingerprint density at radius 3 is 2.31 bits per heavy atom. The number of carbonyl (C=O) groups is 2. The van der Waals surface area contributed by atoms with Crippen LogP contribution in [0.2, 0.25) is 0 Å². The molecule has 4 rings (SSSR count). The Labute approximate surface area is 213 Å². The second kappa shape index (κ2) is 12.3. The van der Waals surface area contributed by atoms with Crippen molar-refractivity contribution in [3.05, 3.63) is 76.9 Å². The van der Waals surface area contributed by atoms with E-state index in [1.165, 1.54) is 11.6 Å². The van der Waals surface area contributed by atoms with Gasteiger partial charge in [0.2, 0.25) is 0 Å². The van der Waals surface area contributed by atoms with Crippen molar-refractivity contribution in [3.63, 3.8) is 0 Å². The summed E-state index contributed by atoms with van der Waals surface area (Å²) in [5.41, 5.74) is 5.56. The quantitative estimate of drug-likeness (QED) is 0.351. The fourth-order valence-electron chi connectivity index (χ4n) is 5.13. The van der Waals surface area contributed by atoms with Crippen LogP contribution in [0.15, 0.2) is 54.6 Å². The molecule has 0 aliphatic carbocycles. The third kappa shape index (κ3) is 6.79. The summed E-state index contributed by atoms with van der Waals surface area (Å²) in [6, 6.07) is 16.3. The van der Waals surface area contributed by atoms with E-state index in [4.69, 9.17) is 9.94 Å². The smallest absolute Gasteiger partial charge is 0.267 e. The predicted molar refractivity (Wildman–Crippen MR) is 138 cm³/mol. The number of amides is 2. The van der Waals surface area contributed by atoms with Crippen molar-refractivity contribution in [2.24, 2.45) is 0 Å². The first-order valence-corrected chi connectivity index (χ1v) is 12.6. The lowest BCUT2D eigenvalue weighted by Gasteiger charge is -2.44. The largest absolute Gasteiger partial charge is 0.379 e. The Morgan fingerprint density at radius 2 is 1.64 bits per heavy atom. The molecule has 8 nitrogen and oxygen atoms in total. The van der Waals surface area contributed by atoms with E-state index in [1.807, 2.05) is 47.4 Å². The summed E-state index contributed by atoms with van der Waals surface area (Å²) < 4.78 is 5.45. The molecular formula is C28H36N4O4. The highest BCUT2D eigenvalue weighted by molar-refractivity contribution is 5.95. The number of nitrogens with one attached hydrogen (secondary N) is 1. The molecule has 2 atom stereocenters. The molecule has 2 aromatic rings. The second-order valence-corrected chi connectivity index (χ2v) is 9.74. The Bertz CT molecular complexity index is 1050. The fourth-order valence-corrected chi connectivity index (χ4v) is 5.13. The van der Waals surface area contributed by atoms with Crippen LogP contribution >= 0.6 is 0 Å². The van der Waals surface area contributed by atoms with Gasteiger partial charge in [-0.3, -0.25) is 24.6 Å². The number of ether oxygens (including phenoxy) is 1. The highest BCUT2D eigenvalue weighted by Crippen LogP contribution is 2.22. The summed E-state index contributed by atoms with van der Waals surface area (Å²) in [5, 5.41) is 8.59. The third-order valence-electron chi connectivity index (χ3n) is 6.84. The lowest BCUT2D eigenvalue weighted by molar-refractivity contribution is -0.124. The zero-order chi connectivity index (χ0) is 25.5. The predicted octanol–water partition coefficient (Wildman–Crippen LogP) is 2.77. The van der Waals surface area contributed by atoms with Crippen molar-refractivity contribution in [3.8, 4) is 0 Å². The summed E-state index contributed by atoms with van der Waals surface area (Å²) in [4.78, 5) is 31.5. The second-order valence-electron chi connectivity index (χ2n) is 9.74. The van der Waals surface area contributed by atoms with Crippen molar-refractivity contribution in [1.82, 2.24) is 20.2 Å². The molecular weight excluding hydrogens is 456 g/mol. The van der Waals surface area contributed by atoms with Gasteiger partial charge in [-0.2, -0.15) is 0 Å². The Kier molecular flexibility index (Phi) is 8.88. The molecule has 2 aromatic carbocycles. The maximum atomic E-state index is 13.5. The molecule has 0 spiro atoms. The molecule has 0 unspecified atom stereocenters. The van der Waals surface area contributed by atoms with E-state index < -0.39 is 5.91 Å². The molecule has 0 aromatic heterocycles. The number of rotatable bonds is 7. The summed E-state index contributed by atoms with van der Waals surface area (Å²) >= 11 is 0. The normalized spacial score (nSPS) is 21.6. The minimum atomic E-state index is -0.557. The topological polar surface area (TPSA) is 85.4 Å². The van der Waals surface area contributed by atoms with E-state index in [1.54, 1.807) is 11.6 Å². The van der Waals surface area contributed by atoms with Crippen molar-refractivity contribution >= 4 is 17.9 Å². The molecule has 0 radical (unpaired) electrons. The van der Waals surface area contributed by atoms with Gasteiger partial charge in [0.15, 0.2) is 0 Å². The van der Waals surface area contributed by atoms with Gasteiger partial charge in [-0.05, 0) is 48.7 Å². The molecule has 192 valence electrons. The number of piperazine rings is 1. The average molecular weight is 493 g/mol. The van der Waals surface area contributed by atoms with Crippen molar-refractivity contribution < 1.29 is 19.5 Å². The van der Waals surface area contributed by atoms with E-state index in [-0.39, 0.29) is 18.0 Å². The number of carbonyl (C=O) groups excluding carboxylic acids is 2. The van der Waals surface area contributed by atoms with Gasteiger partial charge in [-0.15, -0.1) is 0 Å². The molecule has 2 heterocycles. The van der Waals surface area contributed by atoms with E-state index in [9.17, 15) is 9.59 Å². The van der Waals surface area contributed by atoms with Gasteiger partial charge in [-0.25, -0.2) is 5.48 Å². The van der Waals surface area contributed by atoms with Crippen molar-refractivity contribution in [1.29, 1.82) is 0 Å². The zero-order valence-corrected chi connectivity index (χ0v) is 21.1. The number of nitrogens with zero attached hydrogens (tertiary/aromatic N) is 3. The van der Waals surface area contributed by atoms with E-state index in [2.05, 4.69) is 29.7 Å². The average Bonchev–Trinajstić information content (AvgIpc) is 2.88. The molecule has 8 heteroatoms. The molecule has 2 aliphatic rings. The number of morpholine rings is 1. The van der Waals surface area contributed by atoms with Gasteiger partial charge >= 0.3 is 0 Å². The van der Waals surface area contributed by atoms with Crippen LogP contribution < -0.4 is 5.48 Å². The molecule has 2 amide bonds. The lowest BCUT2D eigenvalue weighted by Crippen LogP contribution is -2.58. The summed E-state index contributed by atoms with van der Waals surface area (Å²) in [5.74, 6) is -0.458. The Morgan fingerprint density at radius 1 is 0.972 bits per heavy atom. The maximum Gasteiger partial charge on any atom is 0.267 e. The summed E-state index contributed by atoms with van der Waals surface area (Å²) in [7, 11) is 0. The van der Waals surface area contributed by atoms with Crippen LogP contribution in [-0.4, -0.2) is 83.2 Å². The van der Waals surface area contributed by atoms with Gasteiger partial charge in [-0.1, -0.05) is 36.4 Å². The van der Waals surface area contributed by atoms with Crippen LogP contribution in [0.1, 0.15) is 40.9 Å². The van der Waals surface area contributed by atoms with Crippen LogP contribution in [0.25, 0.3) is 6.08 Å². The lowest BCUT2D eigenvalue weighted by atomic mass is 10.0. The van der Waals surface area contributed by atoms with Gasteiger partial charge in [0, 0.05) is 63.0 Å². The standard InChI is InChI=1S/C28H36N4O4/c1-21-17-31(19-24-8-6-23(7-9-24)10-11-27(33)29-35)18-22(2)32(21)28(34)26-5-3-4-25(16-26)20-30-12-14-36-15-13-30/h3-11,16,21-22,35H,12-15,17-20H2,1-2H3,(H,29,33)/b11-10+/t21-,22+. The minimum absolute atomic E-state index is 0.0986. The molecule has 0 bridgehead atoms. The van der Waals surface area contributed by atoms with E-state index >= 15 is 0 Å². The van der Waals surface area contributed by atoms with E-state index in [0.717, 1.165) is 69.2 Å². The molecule has 2 saturated heterocycles. The highest BCUT2D eigenvalue weighted by atomic mass is 16.5. The Balaban J connectivity index is 1.35. The number of hydrogen-bond donors (Lipinski definition) is 2. The molecule has 2 aliphatic heterocycles. The Hall–Kier alpha value is -3.04. The summed E-state index contributed by atoms with van der Waals surface area (Å²) in [6.45, 7) is 10.9. The van der Waals surface area contributed by atoms with Crippen LogP contribution in [0.5, 0.6) is 0 Å². The molecule has 0 saturated carbocycles. The van der Waals surface area contributed by atoms with Gasteiger partial charge in [0.25, 0.3) is 11.8 Å². The number of hydrogen-bond acceptors (Lipinski definition) is 6. The van der Waals surface area contributed by atoms with Gasteiger partial charge < -0.3 is 9.64 Å².